The zero-order chi connectivity index (χ0) is 11.6. The summed E-state index contributed by atoms with van der Waals surface area (Å²) >= 11 is 5.89. The summed E-state index contributed by atoms with van der Waals surface area (Å²) in [5.41, 5.74) is -0.268. The molecule has 1 rings (SSSR count). The van der Waals surface area contributed by atoms with Gasteiger partial charge >= 0.3 is 0 Å². The summed E-state index contributed by atoms with van der Waals surface area (Å²) in [4.78, 5) is 0. The highest BCUT2D eigenvalue weighted by Gasteiger charge is 2.24. The molecule has 0 radical (unpaired) electrons. The van der Waals surface area contributed by atoms with Crippen LogP contribution < -0.4 is 4.74 Å². The fourth-order valence-corrected chi connectivity index (χ4v) is 1.53. The molecule has 0 aromatic heterocycles. The van der Waals surface area contributed by atoms with E-state index in [1.54, 1.807) is 13.8 Å². The third-order valence-corrected chi connectivity index (χ3v) is 2.66. The Labute approximate surface area is 93.6 Å². The Morgan fingerprint density at radius 1 is 1.47 bits per heavy atom. The number of rotatable bonds is 3. The number of hydrogen-bond donors (Lipinski definition) is 1. The third kappa shape index (κ3) is 2.41. The van der Waals surface area contributed by atoms with Gasteiger partial charge in [0.15, 0.2) is 0 Å². The lowest BCUT2D eigenvalue weighted by atomic mass is 9.85. The van der Waals surface area contributed by atoms with Crippen LogP contribution in [0.3, 0.4) is 0 Å². The molecule has 0 saturated heterocycles. The van der Waals surface area contributed by atoms with Crippen LogP contribution in [0.15, 0.2) is 12.1 Å². The predicted octanol–water partition coefficient (Wildman–Crippen LogP) is 2.76. The van der Waals surface area contributed by atoms with Gasteiger partial charge in [-0.3, -0.25) is 0 Å². The molecule has 1 aromatic rings. The fourth-order valence-electron chi connectivity index (χ4n) is 1.29. The van der Waals surface area contributed by atoms with E-state index in [2.05, 4.69) is 0 Å². The van der Waals surface area contributed by atoms with Gasteiger partial charge in [-0.25, -0.2) is 4.39 Å². The molecule has 15 heavy (non-hydrogen) atoms. The SMILES string of the molecule is COc1cc(F)c(C(C)(C)CO)cc1Cl. The van der Waals surface area contributed by atoms with E-state index in [9.17, 15) is 4.39 Å². The quantitative estimate of drug-likeness (QED) is 0.869. The lowest BCUT2D eigenvalue weighted by Gasteiger charge is -2.23. The molecule has 0 aliphatic heterocycles. The lowest BCUT2D eigenvalue weighted by molar-refractivity contribution is 0.215. The molecule has 0 atom stereocenters. The Morgan fingerprint density at radius 3 is 2.53 bits per heavy atom. The summed E-state index contributed by atoms with van der Waals surface area (Å²) in [7, 11) is 1.43. The molecule has 0 aliphatic carbocycles. The zero-order valence-corrected chi connectivity index (χ0v) is 9.73. The van der Waals surface area contributed by atoms with Crippen molar-refractivity contribution in [2.24, 2.45) is 0 Å². The molecule has 0 bridgehead atoms. The summed E-state index contributed by atoms with van der Waals surface area (Å²) in [6.45, 7) is 3.34. The molecular formula is C11H14ClFO2. The fraction of sp³-hybridized carbons (Fsp3) is 0.455. The highest BCUT2D eigenvalue weighted by Crippen LogP contribution is 2.33. The molecule has 1 N–H and O–H groups in total. The molecule has 0 amide bonds. The lowest BCUT2D eigenvalue weighted by Crippen LogP contribution is -2.23. The molecular weight excluding hydrogens is 219 g/mol. The van der Waals surface area contributed by atoms with Crippen molar-refractivity contribution in [1.29, 1.82) is 0 Å². The van der Waals surface area contributed by atoms with Gasteiger partial charge in [-0.15, -0.1) is 0 Å². The van der Waals surface area contributed by atoms with Crippen molar-refractivity contribution < 1.29 is 14.2 Å². The van der Waals surface area contributed by atoms with Crippen LogP contribution in [-0.2, 0) is 5.41 Å². The number of methoxy groups -OCH3 is 1. The smallest absolute Gasteiger partial charge is 0.140 e. The maximum Gasteiger partial charge on any atom is 0.140 e. The van der Waals surface area contributed by atoms with E-state index >= 15 is 0 Å². The van der Waals surface area contributed by atoms with Gasteiger partial charge in [0.25, 0.3) is 0 Å². The van der Waals surface area contributed by atoms with Crippen molar-refractivity contribution in [3.8, 4) is 5.75 Å². The van der Waals surface area contributed by atoms with E-state index in [-0.39, 0.29) is 6.61 Å². The van der Waals surface area contributed by atoms with Crippen LogP contribution >= 0.6 is 11.6 Å². The summed E-state index contributed by atoms with van der Waals surface area (Å²) < 4.78 is 18.5. The number of ether oxygens (including phenoxy) is 1. The van der Waals surface area contributed by atoms with Crippen molar-refractivity contribution in [3.63, 3.8) is 0 Å². The van der Waals surface area contributed by atoms with Gasteiger partial charge in [0.05, 0.1) is 18.7 Å². The van der Waals surface area contributed by atoms with Crippen LogP contribution in [0.2, 0.25) is 5.02 Å². The van der Waals surface area contributed by atoms with Crippen LogP contribution in [0, 0.1) is 5.82 Å². The topological polar surface area (TPSA) is 29.5 Å². The van der Waals surface area contributed by atoms with Crippen molar-refractivity contribution in [2.45, 2.75) is 19.3 Å². The maximum absolute atomic E-state index is 13.6. The second-order valence-corrected chi connectivity index (χ2v) is 4.42. The van der Waals surface area contributed by atoms with Crippen molar-refractivity contribution in [2.75, 3.05) is 13.7 Å². The van der Waals surface area contributed by atoms with Crippen LogP contribution in [0.5, 0.6) is 5.75 Å². The monoisotopic (exact) mass is 232 g/mol. The second kappa shape index (κ2) is 4.37. The average Bonchev–Trinajstić information content (AvgIpc) is 2.20. The molecule has 0 aliphatic rings. The number of aliphatic hydroxyl groups is 1. The average molecular weight is 233 g/mol. The molecule has 0 spiro atoms. The molecule has 4 heteroatoms. The summed E-state index contributed by atoms with van der Waals surface area (Å²) in [5, 5.41) is 9.49. The Balaban J connectivity index is 3.28. The Kier molecular flexibility index (Phi) is 3.58. The number of aliphatic hydroxyl groups excluding tert-OH is 1. The van der Waals surface area contributed by atoms with E-state index in [0.717, 1.165) is 0 Å². The minimum absolute atomic E-state index is 0.146. The van der Waals surface area contributed by atoms with Crippen LogP contribution in [0.4, 0.5) is 4.39 Å². The highest BCUT2D eigenvalue weighted by molar-refractivity contribution is 6.32. The number of halogens is 2. The van der Waals surface area contributed by atoms with Crippen molar-refractivity contribution in [3.05, 3.63) is 28.5 Å². The first-order valence-corrected chi connectivity index (χ1v) is 4.94. The maximum atomic E-state index is 13.6. The third-order valence-electron chi connectivity index (χ3n) is 2.37. The molecule has 0 fully saturated rings. The van der Waals surface area contributed by atoms with Gasteiger partial charge in [0, 0.05) is 11.5 Å². The molecule has 2 nitrogen and oxygen atoms in total. The first-order valence-electron chi connectivity index (χ1n) is 4.56. The molecule has 0 saturated carbocycles. The first-order chi connectivity index (χ1) is 6.92. The van der Waals surface area contributed by atoms with E-state index in [1.807, 2.05) is 0 Å². The second-order valence-electron chi connectivity index (χ2n) is 4.01. The Morgan fingerprint density at radius 2 is 2.07 bits per heavy atom. The van der Waals surface area contributed by atoms with Gasteiger partial charge in [0.2, 0.25) is 0 Å². The molecule has 0 heterocycles. The number of benzene rings is 1. The van der Waals surface area contributed by atoms with Crippen molar-refractivity contribution in [1.82, 2.24) is 0 Å². The molecule has 1 aromatic carbocycles. The minimum atomic E-state index is -0.653. The van der Waals surface area contributed by atoms with E-state index in [0.29, 0.717) is 16.3 Å². The summed E-state index contributed by atoms with van der Waals surface area (Å²) in [6.07, 6.45) is 0. The molecule has 84 valence electrons. The van der Waals surface area contributed by atoms with Gasteiger partial charge in [-0.1, -0.05) is 25.4 Å². The van der Waals surface area contributed by atoms with Crippen molar-refractivity contribution >= 4 is 11.6 Å². The zero-order valence-electron chi connectivity index (χ0n) is 8.97. The van der Waals surface area contributed by atoms with Crippen LogP contribution in [0.1, 0.15) is 19.4 Å². The van der Waals surface area contributed by atoms with Crippen LogP contribution in [0.25, 0.3) is 0 Å². The minimum Gasteiger partial charge on any atom is -0.495 e. The van der Waals surface area contributed by atoms with Gasteiger partial charge in [-0.2, -0.15) is 0 Å². The van der Waals surface area contributed by atoms with E-state index in [4.69, 9.17) is 21.4 Å². The van der Waals surface area contributed by atoms with Gasteiger partial charge < -0.3 is 9.84 Å². The first kappa shape index (κ1) is 12.3. The Bertz CT molecular complexity index is 364. The largest absolute Gasteiger partial charge is 0.495 e. The van der Waals surface area contributed by atoms with E-state index in [1.165, 1.54) is 19.2 Å². The van der Waals surface area contributed by atoms with E-state index < -0.39 is 11.2 Å². The number of hydrogen-bond acceptors (Lipinski definition) is 2. The standard InChI is InChI=1S/C11H14ClFO2/c1-11(2,6-14)7-4-8(12)10(15-3)5-9(7)13/h4-5,14H,6H2,1-3H3. The highest BCUT2D eigenvalue weighted by atomic mass is 35.5. The summed E-state index contributed by atoms with van der Waals surface area (Å²) in [6, 6.07) is 2.72. The van der Waals surface area contributed by atoms with Gasteiger partial charge in [-0.05, 0) is 11.6 Å². The van der Waals surface area contributed by atoms with Crippen LogP contribution in [-0.4, -0.2) is 18.8 Å². The summed E-state index contributed by atoms with van der Waals surface area (Å²) in [5.74, 6) is -0.123. The molecule has 0 unspecified atom stereocenters. The normalized spacial score (nSPS) is 11.6. The Hall–Kier alpha value is -0.800. The van der Waals surface area contributed by atoms with Gasteiger partial charge in [0.1, 0.15) is 11.6 Å². The predicted molar refractivity (Wildman–Crippen MR) is 58.1 cm³/mol.